The van der Waals surface area contributed by atoms with Crippen molar-refractivity contribution < 1.29 is 4.79 Å². The normalized spacial score (nSPS) is 23.9. The molecule has 1 amide bonds. The SMILES string of the molecule is CCN(C(=O)CCC1CCCN1)C1CCCC1.Cl. The summed E-state index contributed by atoms with van der Waals surface area (Å²) in [5, 5.41) is 3.47. The van der Waals surface area contributed by atoms with Crippen LogP contribution in [0.15, 0.2) is 0 Å². The molecule has 1 unspecified atom stereocenters. The number of nitrogens with one attached hydrogen (secondary N) is 1. The fourth-order valence-electron chi connectivity index (χ4n) is 3.30. The zero-order valence-electron chi connectivity index (χ0n) is 11.5. The van der Waals surface area contributed by atoms with Crippen molar-refractivity contribution in [2.24, 2.45) is 0 Å². The highest BCUT2D eigenvalue weighted by atomic mass is 35.5. The van der Waals surface area contributed by atoms with Gasteiger partial charge in [0.05, 0.1) is 0 Å². The van der Waals surface area contributed by atoms with Gasteiger partial charge in [0, 0.05) is 25.0 Å². The van der Waals surface area contributed by atoms with Crippen LogP contribution >= 0.6 is 12.4 Å². The second-order valence-corrected chi connectivity index (χ2v) is 5.45. The monoisotopic (exact) mass is 274 g/mol. The molecule has 1 aliphatic heterocycles. The maximum Gasteiger partial charge on any atom is 0.222 e. The molecular weight excluding hydrogens is 248 g/mol. The second kappa shape index (κ2) is 8.00. The molecule has 1 aliphatic carbocycles. The van der Waals surface area contributed by atoms with E-state index in [1.807, 2.05) is 0 Å². The van der Waals surface area contributed by atoms with E-state index in [2.05, 4.69) is 17.1 Å². The Kier molecular flexibility index (Phi) is 7.02. The summed E-state index contributed by atoms with van der Waals surface area (Å²) in [6, 6.07) is 1.14. The van der Waals surface area contributed by atoms with E-state index in [-0.39, 0.29) is 12.4 Å². The van der Waals surface area contributed by atoms with E-state index in [1.165, 1.54) is 38.5 Å². The van der Waals surface area contributed by atoms with Crippen LogP contribution < -0.4 is 5.32 Å². The fourth-order valence-corrected chi connectivity index (χ4v) is 3.30. The zero-order valence-corrected chi connectivity index (χ0v) is 12.3. The standard InChI is InChI=1S/C14H26N2O.ClH/c1-2-16(13-7-3-4-8-13)14(17)10-9-12-6-5-11-15-12;/h12-13,15H,2-11H2,1H3;1H. The first kappa shape index (κ1) is 15.8. The molecule has 106 valence electrons. The smallest absolute Gasteiger partial charge is 0.222 e. The Hall–Kier alpha value is -0.280. The van der Waals surface area contributed by atoms with Crippen LogP contribution in [0.5, 0.6) is 0 Å². The van der Waals surface area contributed by atoms with Gasteiger partial charge in [-0.2, -0.15) is 0 Å². The molecule has 0 spiro atoms. The van der Waals surface area contributed by atoms with Gasteiger partial charge in [-0.25, -0.2) is 0 Å². The van der Waals surface area contributed by atoms with Crippen LogP contribution in [0.2, 0.25) is 0 Å². The number of halogens is 1. The van der Waals surface area contributed by atoms with Crippen molar-refractivity contribution in [3.8, 4) is 0 Å². The lowest BCUT2D eigenvalue weighted by atomic mass is 10.1. The van der Waals surface area contributed by atoms with Gasteiger partial charge in [0.2, 0.25) is 5.91 Å². The molecule has 0 bridgehead atoms. The molecule has 2 rings (SSSR count). The van der Waals surface area contributed by atoms with Crippen molar-refractivity contribution in [2.75, 3.05) is 13.1 Å². The molecule has 0 aromatic heterocycles. The highest BCUT2D eigenvalue weighted by molar-refractivity contribution is 5.85. The molecule has 1 heterocycles. The second-order valence-electron chi connectivity index (χ2n) is 5.45. The topological polar surface area (TPSA) is 32.3 Å². The fraction of sp³-hybridized carbons (Fsp3) is 0.929. The molecule has 1 saturated carbocycles. The van der Waals surface area contributed by atoms with Gasteiger partial charge in [0.25, 0.3) is 0 Å². The Bertz CT molecular complexity index is 248. The number of amides is 1. The van der Waals surface area contributed by atoms with E-state index in [0.29, 0.717) is 18.0 Å². The molecule has 4 heteroatoms. The lowest BCUT2D eigenvalue weighted by molar-refractivity contribution is -0.133. The first-order valence-electron chi connectivity index (χ1n) is 7.34. The molecule has 18 heavy (non-hydrogen) atoms. The highest BCUT2D eigenvalue weighted by Gasteiger charge is 2.25. The predicted octanol–water partition coefficient (Wildman–Crippen LogP) is 2.73. The Balaban J connectivity index is 0.00000162. The van der Waals surface area contributed by atoms with Crippen molar-refractivity contribution in [3.05, 3.63) is 0 Å². The summed E-state index contributed by atoms with van der Waals surface area (Å²) >= 11 is 0. The molecule has 2 aliphatic rings. The molecule has 0 radical (unpaired) electrons. The van der Waals surface area contributed by atoms with Crippen molar-refractivity contribution in [2.45, 2.75) is 70.4 Å². The maximum absolute atomic E-state index is 12.2. The van der Waals surface area contributed by atoms with Crippen molar-refractivity contribution in [1.29, 1.82) is 0 Å². The predicted molar refractivity (Wildman–Crippen MR) is 77.1 cm³/mol. The third-order valence-corrected chi connectivity index (χ3v) is 4.30. The Morgan fingerprint density at radius 1 is 1.22 bits per heavy atom. The Morgan fingerprint density at radius 3 is 2.50 bits per heavy atom. The van der Waals surface area contributed by atoms with Gasteiger partial charge in [-0.15, -0.1) is 12.4 Å². The summed E-state index contributed by atoms with van der Waals surface area (Å²) in [5.41, 5.74) is 0. The van der Waals surface area contributed by atoms with Gasteiger partial charge < -0.3 is 10.2 Å². The van der Waals surface area contributed by atoms with Gasteiger partial charge in [-0.1, -0.05) is 12.8 Å². The summed E-state index contributed by atoms with van der Waals surface area (Å²) in [7, 11) is 0. The first-order chi connectivity index (χ1) is 8.31. The minimum Gasteiger partial charge on any atom is -0.340 e. The van der Waals surface area contributed by atoms with Crippen LogP contribution in [0, 0.1) is 0 Å². The minimum atomic E-state index is 0. The number of carbonyl (C=O) groups is 1. The molecule has 3 nitrogen and oxygen atoms in total. The lowest BCUT2D eigenvalue weighted by Gasteiger charge is -2.28. The van der Waals surface area contributed by atoms with Crippen LogP contribution in [-0.4, -0.2) is 36.0 Å². The average Bonchev–Trinajstić information content (AvgIpc) is 3.00. The van der Waals surface area contributed by atoms with Crippen molar-refractivity contribution >= 4 is 18.3 Å². The van der Waals surface area contributed by atoms with Gasteiger partial charge in [0.1, 0.15) is 0 Å². The number of hydrogen-bond donors (Lipinski definition) is 1. The van der Waals surface area contributed by atoms with Crippen LogP contribution in [0.1, 0.15) is 58.3 Å². The van der Waals surface area contributed by atoms with Crippen LogP contribution in [0.4, 0.5) is 0 Å². The van der Waals surface area contributed by atoms with E-state index in [4.69, 9.17) is 0 Å². The molecule has 0 aromatic rings. The van der Waals surface area contributed by atoms with E-state index in [0.717, 1.165) is 25.9 Å². The maximum atomic E-state index is 12.2. The number of rotatable bonds is 5. The third-order valence-electron chi connectivity index (χ3n) is 4.30. The van der Waals surface area contributed by atoms with Crippen LogP contribution in [0.3, 0.4) is 0 Å². The quantitative estimate of drug-likeness (QED) is 0.836. The summed E-state index contributed by atoms with van der Waals surface area (Å²) in [6.45, 7) is 4.14. The molecule has 0 aromatic carbocycles. The van der Waals surface area contributed by atoms with Gasteiger partial charge in [0.15, 0.2) is 0 Å². The Labute approximate surface area is 117 Å². The highest BCUT2D eigenvalue weighted by Crippen LogP contribution is 2.24. The van der Waals surface area contributed by atoms with Gasteiger partial charge >= 0.3 is 0 Å². The lowest BCUT2D eigenvalue weighted by Crippen LogP contribution is -2.39. The van der Waals surface area contributed by atoms with E-state index < -0.39 is 0 Å². The molecule has 2 fully saturated rings. The molecule has 1 atom stereocenters. The molecule has 1 saturated heterocycles. The van der Waals surface area contributed by atoms with E-state index in [1.54, 1.807) is 0 Å². The summed E-state index contributed by atoms with van der Waals surface area (Å²) < 4.78 is 0. The summed E-state index contributed by atoms with van der Waals surface area (Å²) in [4.78, 5) is 14.3. The average molecular weight is 275 g/mol. The van der Waals surface area contributed by atoms with Gasteiger partial charge in [-0.3, -0.25) is 4.79 Å². The van der Waals surface area contributed by atoms with Gasteiger partial charge in [-0.05, 0) is 45.6 Å². The first-order valence-corrected chi connectivity index (χ1v) is 7.34. The number of nitrogens with zero attached hydrogens (tertiary/aromatic N) is 1. The van der Waals surface area contributed by atoms with E-state index in [9.17, 15) is 4.79 Å². The Morgan fingerprint density at radius 2 is 1.94 bits per heavy atom. The van der Waals surface area contributed by atoms with Crippen molar-refractivity contribution in [1.82, 2.24) is 10.2 Å². The van der Waals surface area contributed by atoms with Crippen LogP contribution in [-0.2, 0) is 4.79 Å². The number of carbonyl (C=O) groups excluding carboxylic acids is 1. The molecular formula is C14H27ClN2O. The third kappa shape index (κ3) is 4.13. The van der Waals surface area contributed by atoms with Crippen LogP contribution in [0.25, 0.3) is 0 Å². The largest absolute Gasteiger partial charge is 0.340 e. The minimum absolute atomic E-state index is 0. The number of hydrogen-bond acceptors (Lipinski definition) is 2. The molecule has 1 N–H and O–H groups in total. The van der Waals surface area contributed by atoms with E-state index >= 15 is 0 Å². The van der Waals surface area contributed by atoms with Crippen molar-refractivity contribution in [3.63, 3.8) is 0 Å². The zero-order chi connectivity index (χ0) is 12.1. The summed E-state index contributed by atoms with van der Waals surface area (Å²) in [5.74, 6) is 0.382. The summed E-state index contributed by atoms with van der Waals surface area (Å²) in [6.07, 6.45) is 9.35.